The van der Waals surface area contributed by atoms with E-state index >= 15 is 4.39 Å². The number of aryl methyl sites for hydroxylation is 1. The van der Waals surface area contributed by atoms with E-state index in [1.807, 2.05) is 38.4 Å². The van der Waals surface area contributed by atoms with Crippen LogP contribution in [0, 0.1) is 18.7 Å². The molecule has 3 N–H and O–H groups in total. The normalized spacial score (nSPS) is 16.9. The van der Waals surface area contributed by atoms with E-state index in [9.17, 15) is 13.8 Å². The number of nitrogens with one attached hydrogen (secondary N) is 3. The lowest BCUT2D eigenvalue weighted by Gasteiger charge is -2.39. The molecule has 1 atom stereocenters. The zero-order valence-electron chi connectivity index (χ0n) is 34.1. The molecular weight excluding hydrogens is 804 g/mol. The summed E-state index contributed by atoms with van der Waals surface area (Å²) >= 11 is -0.151. The first-order chi connectivity index (χ1) is 29.1. The first kappa shape index (κ1) is 42.7. The van der Waals surface area contributed by atoms with Gasteiger partial charge in [0.2, 0.25) is 17.8 Å². The van der Waals surface area contributed by atoms with E-state index in [0.717, 1.165) is 68.2 Å². The fourth-order valence-corrected chi connectivity index (χ4v) is 8.94. The molecule has 60 heavy (non-hydrogen) atoms. The van der Waals surface area contributed by atoms with Crippen molar-refractivity contribution in [1.82, 2.24) is 39.4 Å². The van der Waals surface area contributed by atoms with Gasteiger partial charge in [-0.25, -0.2) is 37.8 Å². The topological polar surface area (TPSA) is 165 Å². The number of hydrogen-bond donors (Lipinski definition) is 3. The van der Waals surface area contributed by atoms with Crippen LogP contribution in [0.5, 0.6) is 0 Å². The number of piperazine rings is 1. The minimum Gasteiger partial charge on any atom is -0.368 e. The van der Waals surface area contributed by atoms with E-state index in [0.29, 0.717) is 59.4 Å². The largest absolute Gasteiger partial charge is 0.368 e. The molecule has 316 valence electrons. The van der Waals surface area contributed by atoms with Crippen LogP contribution in [0.2, 0.25) is 0 Å². The second kappa shape index (κ2) is 20.2. The Labute approximate surface area is 356 Å². The van der Waals surface area contributed by atoms with Gasteiger partial charge in [-0.2, -0.15) is 0 Å². The molecule has 1 unspecified atom stereocenters. The molecule has 3 fully saturated rings. The van der Waals surface area contributed by atoms with E-state index in [-0.39, 0.29) is 17.5 Å². The summed E-state index contributed by atoms with van der Waals surface area (Å²) in [7, 11) is 1.70. The lowest BCUT2D eigenvalue weighted by Crippen LogP contribution is -2.49. The number of anilines is 5. The molecule has 1 aromatic carbocycles. The predicted molar refractivity (Wildman–Crippen MR) is 236 cm³/mol. The molecule has 3 aliphatic heterocycles. The molecule has 5 aromatic rings. The molecule has 0 saturated carbocycles. The number of carbonyl (C=O) groups is 2. The Bertz CT molecular complexity index is 2230. The van der Waals surface area contributed by atoms with Crippen LogP contribution in [-0.2, 0) is 20.8 Å². The molecule has 18 heteroatoms. The van der Waals surface area contributed by atoms with Crippen LogP contribution in [0.15, 0.2) is 73.2 Å². The van der Waals surface area contributed by atoms with Crippen LogP contribution in [0.3, 0.4) is 0 Å². The van der Waals surface area contributed by atoms with Crippen LogP contribution < -0.4 is 25.2 Å². The molecule has 3 saturated heterocycles. The van der Waals surface area contributed by atoms with Crippen molar-refractivity contribution in [3.8, 4) is 21.8 Å². The monoisotopic (exact) mass is 854 g/mol. The van der Waals surface area contributed by atoms with E-state index in [2.05, 4.69) is 68.2 Å². The molecule has 0 bridgehead atoms. The average molecular weight is 855 g/mol. The summed E-state index contributed by atoms with van der Waals surface area (Å²) in [5.41, 5.74) is 2.61. The number of aromatic nitrogens is 5. The molecule has 3 aliphatic rings. The van der Waals surface area contributed by atoms with Gasteiger partial charge in [0, 0.05) is 90.2 Å². The zero-order chi connectivity index (χ0) is 42.0. The van der Waals surface area contributed by atoms with Crippen molar-refractivity contribution in [3.05, 3.63) is 84.0 Å². The van der Waals surface area contributed by atoms with Crippen molar-refractivity contribution < 1.29 is 18.2 Å². The molecule has 0 radical (unpaired) electrons. The van der Waals surface area contributed by atoms with Crippen molar-refractivity contribution in [2.75, 3.05) is 79.2 Å². The highest BCUT2D eigenvalue weighted by Crippen LogP contribution is 2.39. The van der Waals surface area contributed by atoms with Crippen LogP contribution >= 0.6 is 11.3 Å². The Hall–Kier alpha value is -5.43. The van der Waals surface area contributed by atoms with E-state index in [1.54, 1.807) is 41.8 Å². The number of amides is 2. The first-order valence-electron chi connectivity index (χ1n) is 20.3. The summed E-state index contributed by atoms with van der Waals surface area (Å²) in [5, 5.41) is 6.20. The number of piperidine rings is 2. The van der Waals surface area contributed by atoms with Gasteiger partial charge in [-0.15, -0.1) is 11.3 Å². The van der Waals surface area contributed by atoms with Crippen LogP contribution in [0.1, 0.15) is 44.0 Å². The summed E-state index contributed by atoms with van der Waals surface area (Å²) in [4.78, 5) is 51.8. The molecule has 4 aromatic heterocycles. The third kappa shape index (κ3) is 11.0. The molecular formula is C42H51FN12O3S2. The summed E-state index contributed by atoms with van der Waals surface area (Å²) < 4.78 is 32.7. The van der Waals surface area contributed by atoms with Crippen molar-refractivity contribution in [1.29, 1.82) is 0 Å². The lowest BCUT2D eigenvalue weighted by molar-refractivity contribution is -0.132. The lowest BCUT2D eigenvalue weighted by atomic mass is 9.96. The Morgan fingerprint density at radius 2 is 1.68 bits per heavy atom. The quantitative estimate of drug-likeness (QED) is 0.125. The Kier molecular flexibility index (Phi) is 14.4. The third-order valence-corrected chi connectivity index (χ3v) is 12.9. The molecule has 0 aliphatic carbocycles. The average Bonchev–Trinajstić information content (AvgIpc) is 3.66. The summed E-state index contributed by atoms with van der Waals surface area (Å²) in [5.74, 6) is 2.03. The maximum Gasteiger partial charge on any atom is 0.228 e. The highest BCUT2D eigenvalue weighted by atomic mass is 32.2. The van der Waals surface area contributed by atoms with Gasteiger partial charge in [0.05, 0.1) is 38.8 Å². The van der Waals surface area contributed by atoms with Gasteiger partial charge in [0.15, 0.2) is 17.0 Å². The van der Waals surface area contributed by atoms with Gasteiger partial charge in [-0.1, -0.05) is 19.1 Å². The number of halogens is 1. The number of hydrogen-bond acceptors (Lipinski definition) is 13. The van der Waals surface area contributed by atoms with Crippen molar-refractivity contribution in [3.63, 3.8) is 0 Å². The summed E-state index contributed by atoms with van der Waals surface area (Å²) in [6.07, 6.45) is 9.58. The van der Waals surface area contributed by atoms with E-state index < -0.39 is 17.0 Å². The van der Waals surface area contributed by atoms with Gasteiger partial charge in [0.25, 0.3) is 0 Å². The molecule has 7 heterocycles. The van der Waals surface area contributed by atoms with Crippen molar-refractivity contribution in [2.45, 2.75) is 46.0 Å². The minimum atomic E-state index is -1.58. The fourth-order valence-electron chi connectivity index (χ4n) is 7.30. The van der Waals surface area contributed by atoms with Gasteiger partial charge < -0.3 is 15.1 Å². The fraction of sp³-hybridized carbons (Fsp3) is 0.405. The second-order valence-corrected chi connectivity index (χ2v) is 17.4. The van der Waals surface area contributed by atoms with Crippen molar-refractivity contribution >= 4 is 63.3 Å². The minimum absolute atomic E-state index is 0.138. The molecule has 0 spiro atoms. The number of carbonyl (C=O) groups excluding carboxylic acids is 2. The molecule has 2 amide bonds. The number of imide groups is 1. The highest BCUT2D eigenvalue weighted by Gasteiger charge is 2.25. The summed E-state index contributed by atoms with van der Waals surface area (Å²) in [6, 6.07) is 16.9. The molecule has 8 rings (SSSR count). The van der Waals surface area contributed by atoms with E-state index in [4.69, 9.17) is 4.98 Å². The number of thiazole rings is 1. The van der Waals surface area contributed by atoms with Crippen LogP contribution in [-0.4, -0.2) is 110 Å². The number of pyridine rings is 2. The van der Waals surface area contributed by atoms with Crippen LogP contribution in [0.25, 0.3) is 21.8 Å². The van der Waals surface area contributed by atoms with Gasteiger partial charge in [-0.3, -0.25) is 24.5 Å². The third-order valence-electron chi connectivity index (χ3n) is 10.7. The molecule has 15 nitrogen and oxygen atoms in total. The standard InChI is InChI=1S/C37H44FN11OS2.C5H7NO2/c1-4-46(3)52(50)45-30-9-7-8-29(34(30)38)35-36(51-26(2)42-35)31-13-17-40-37(43-31)44-32-12-11-28(24-41-32)48-22-20-47(21-23-48)25-27-14-18-49(19-15-27)33-10-5-6-16-39-33;7-4-2-1-3-5(8)6-4/h5-13,16-17,24,27,45H,4,14-15,18-23,25H2,1-3H3,(H,40,41,43,44);1-3H2,(H,6,7,8). The van der Waals surface area contributed by atoms with E-state index in [1.165, 1.54) is 24.2 Å². The Morgan fingerprint density at radius 3 is 2.35 bits per heavy atom. The number of nitrogens with zero attached hydrogens (tertiary/aromatic N) is 9. The van der Waals surface area contributed by atoms with Gasteiger partial charge >= 0.3 is 0 Å². The smallest absolute Gasteiger partial charge is 0.228 e. The maximum absolute atomic E-state index is 15.8. The van der Waals surface area contributed by atoms with Crippen molar-refractivity contribution in [2.24, 2.45) is 5.92 Å². The summed E-state index contributed by atoms with van der Waals surface area (Å²) in [6.45, 7) is 11.6. The Morgan fingerprint density at radius 1 is 0.900 bits per heavy atom. The zero-order valence-corrected chi connectivity index (χ0v) is 35.8. The Balaban J connectivity index is 0.000000611. The predicted octanol–water partition coefficient (Wildman–Crippen LogP) is 6.04. The second-order valence-electron chi connectivity index (χ2n) is 14.9. The number of benzene rings is 1. The number of rotatable bonds is 12. The first-order valence-corrected chi connectivity index (χ1v) is 22.2. The highest BCUT2D eigenvalue weighted by molar-refractivity contribution is 7.84. The van der Waals surface area contributed by atoms with Gasteiger partial charge in [-0.05, 0) is 74.6 Å². The SMILES string of the molecule is CCN(C)S(=O)Nc1cccc(-c2nc(C)sc2-c2ccnc(Nc3ccc(N4CCN(CC5CCN(c6ccccn6)CC5)CC4)cn3)n2)c1F.O=C1CCCC(=O)N1. The van der Waals surface area contributed by atoms with Gasteiger partial charge in [0.1, 0.15) is 11.6 Å². The van der Waals surface area contributed by atoms with Crippen LogP contribution in [0.4, 0.5) is 33.3 Å². The maximum atomic E-state index is 15.8.